The normalized spacial score (nSPS) is 12.6. The lowest BCUT2D eigenvalue weighted by Gasteiger charge is -2.15. The highest BCUT2D eigenvalue weighted by Crippen LogP contribution is 2.20. The zero-order chi connectivity index (χ0) is 13.8. The molecule has 0 radical (unpaired) electrons. The van der Waals surface area contributed by atoms with Gasteiger partial charge in [-0.15, -0.1) is 11.3 Å². The van der Waals surface area contributed by atoms with Gasteiger partial charge in [0.1, 0.15) is 5.82 Å². The van der Waals surface area contributed by atoms with E-state index >= 15 is 0 Å². The van der Waals surface area contributed by atoms with Crippen LogP contribution in [0.1, 0.15) is 16.3 Å². The molecule has 1 aromatic heterocycles. The van der Waals surface area contributed by atoms with Crippen molar-refractivity contribution >= 4 is 22.9 Å². The summed E-state index contributed by atoms with van der Waals surface area (Å²) in [5, 5.41) is 3.48. The molecule has 0 amide bonds. The lowest BCUT2D eigenvalue weighted by molar-refractivity contribution is 0.517. The van der Waals surface area contributed by atoms with Crippen LogP contribution in [0.2, 0.25) is 5.02 Å². The second-order valence-corrected chi connectivity index (χ2v) is 5.83. The highest BCUT2D eigenvalue weighted by atomic mass is 35.5. The van der Waals surface area contributed by atoms with Crippen molar-refractivity contribution in [3.8, 4) is 0 Å². The number of nitrogens with zero attached hydrogens (tertiary/aromatic N) is 1. The standard InChI is InChI=1S/C13H15ClFN3S/c1-8-17-12(7-19-8)6-11(18-16)4-9-2-3-10(15)5-13(9)14/h2-3,5,7,11,18H,4,6,16H2,1H3. The van der Waals surface area contributed by atoms with Gasteiger partial charge in [-0.2, -0.15) is 0 Å². The van der Waals surface area contributed by atoms with Gasteiger partial charge in [0, 0.05) is 22.9 Å². The number of thiazole rings is 1. The lowest BCUT2D eigenvalue weighted by atomic mass is 10.0. The molecule has 1 unspecified atom stereocenters. The minimum Gasteiger partial charge on any atom is -0.271 e. The van der Waals surface area contributed by atoms with E-state index in [0.717, 1.165) is 16.3 Å². The van der Waals surface area contributed by atoms with Crippen LogP contribution in [0.4, 0.5) is 4.39 Å². The van der Waals surface area contributed by atoms with Gasteiger partial charge in [-0.1, -0.05) is 17.7 Å². The molecule has 0 aliphatic carbocycles. The summed E-state index contributed by atoms with van der Waals surface area (Å²) in [7, 11) is 0. The lowest BCUT2D eigenvalue weighted by Crippen LogP contribution is -2.38. The van der Waals surface area contributed by atoms with Gasteiger partial charge in [-0.05, 0) is 31.0 Å². The van der Waals surface area contributed by atoms with E-state index in [9.17, 15) is 4.39 Å². The fraction of sp³-hybridized carbons (Fsp3) is 0.308. The third kappa shape index (κ3) is 3.98. The molecule has 0 saturated carbocycles. The summed E-state index contributed by atoms with van der Waals surface area (Å²) in [6, 6.07) is 4.43. The van der Waals surface area contributed by atoms with Crippen molar-refractivity contribution in [3.63, 3.8) is 0 Å². The van der Waals surface area contributed by atoms with Crippen molar-refractivity contribution in [1.29, 1.82) is 0 Å². The molecule has 0 spiro atoms. The maximum Gasteiger partial charge on any atom is 0.124 e. The zero-order valence-corrected chi connectivity index (χ0v) is 12.1. The SMILES string of the molecule is Cc1nc(CC(Cc2ccc(F)cc2Cl)NN)cs1. The molecule has 0 fully saturated rings. The summed E-state index contributed by atoms with van der Waals surface area (Å²) in [4.78, 5) is 4.41. The number of hydrogen-bond donors (Lipinski definition) is 2. The first kappa shape index (κ1) is 14.4. The molecule has 2 rings (SSSR count). The number of benzene rings is 1. The minimum atomic E-state index is -0.332. The molecule has 102 valence electrons. The molecule has 1 aromatic carbocycles. The maximum atomic E-state index is 13.0. The van der Waals surface area contributed by atoms with Gasteiger partial charge in [0.05, 0.1) is 10.7 Å². The second kappa shape index (κ2) is 6.43. The molecule has 1 heterocycles. The third-order valence-corrected chi connectivity index (χ3v) is 4.01. The second-order valence-electron chi connectivity index (χ2n) is 4.37. The van der Waals surface area contributed by atoms with Gasteiger partial charge in [-0.25, -0.2) is 9.37 Å². The number of hydrogen-bond acceptors (Lipinski definition) is 4. The summed E-state index contributed by atoms with van der Waals surface area (Å²) in [5.41, 5.74) is 4.64. The van der Waals surface area contributed by atoms with Crippen molar-refractivity contribution in [3.05, 3.63) is 50.7 Å². The number of nitrogens with one attached hydrogen (secondary N) is 1. The summed E-state index contributed by atoms with van der Waals surface area (Å²) < 4.78 is 13.0. The van der Waals surface area contributed by atoms with Crippen molar-refractivity contribution in [2.45, 2.75) is 25.8 Å². The summed E-state index contributed by atoms with van der Waals surface area (Å²) in [6.07, 6.45) is 1.35. The highest BCUT2D eigenvalue weighted by molar-refractivity contribution is 7.09. The number of nitrogens with two attached hydrogens (primary N) is 1. The quantitative estimate of drug-likeness (QED) is 0.659. The Morgan fingerprint density at radius 3 is 2.84 bits per heavy atom. The van der Waals surface area contributed by atoms with Crippen LogP contribution in [-0.4, -0.2) is 11.0 Å². The molecule has 6 heteroatoms. The molecule has 0 bridgehead atoms. The Morgan fingerprint density at radius 1 is 1.47 bits per heavy atom. The maximum absolute atomic E-state index is 13.0. The zero-order valence-electron chi connectivity index (χ0n) is 10.5. The molecule has 1 atom stereocenters. The summed E-state index contributed by atoms with van der Waals surface area (Å²) >= 11 is 7.63. The molecule has 0 aliphatic rings. The molecule has 3 N–H and O–H groups in total. The average molecular weight is 300 g/mol. The minimum absolute atomic E-state index is 0.0180. The number of hydrazine groups is 1. The Labute approximate surface area is 120 Å². The predicted octanol–water partition coefficient (Wildman–Crippen LogP) is 2.86. The Hall–Kier alpha value is -1.01. The summed E-state index contributed by atoms with van der Waals surface area (Å²) in [6.45, 7) is 1.97. The monoisotopic (exact) mass is 299 g/mol. The number of aryl methyl sites for hydroxylation is 1. The van der Waals surface area contributed by atoms with Gasteiger partial charge in [0.25, 0.3) is 0 Å². The number of rotatable bonds is 5. The topological polar surface area (TPSA) is 50.9 Å². The first-order valence-electron chi connectivity index (χ1n) is 5.89. The predicted molar refractivity (Wildman–Crippen MR) is 76.8 cm³/mol. The van der Waals surface area contributed by atoms with Gasteiger partial charge < -0.3 is 0 Å². The van der Waals surface area contributed by atoms with Gasteiger partial charge in [0.15, 0.2) is 0 Å². The molecule has 0 aliphatic heterocycles. The first-order valence-corrected chi connectivity index (χ1v) is 7.15. The smallest absolute Gasteiger partial charge is 0.124 e. The highest BCUT2D eigenvalue weighted by Gasteiger charge is 2.13. The molecule has 3 nitrogen and oxygen atoms in total. The molecule has 0 saturated heterocycles. The van der Waals surface area contributed by atoms with E-state index < -0.39 is 0 Å². The van der Waals surface area contributed by atoms with Crippen LogP contribution < -0.4 is 11.3 Å². The van der Waals surface area contributed by atoms with E-state index in [1.54, 1.807) is 17.4 Å². The van der Waals surface area contributed by atoms with Crippen LogP contribution in [0.3, 0.4) is 0 Å². The number of halogens is 2. The van der Waals surface area contributed by atoms with E-state index in [-0.39, 0.29) is 11.9 Å². The summed E-state index contributed by atoms with van der Waals surface area (Å²) in [5.74, 6) is 5.23. The fourth-order valence-corrected chi connectivity index (χ4v) is 2.77. The Bertz CT molecular complexity index is 559. The largest absolute Gasteiger partial charge is 0.271 e. The van der Waals surface area contributed by atoms with Crippen LogP contribution in [0.5, 0.6) is 0 Å². The molecular weight excluding hydrogens is 285 g/mol. The first-order chi connectivity index (χ1) is 9.08. The van der Waals surface area contributed by atoms with Crippen molar-refractivity contribution in [2.24, 2.45) is 5.84 Å². The van der Waals surface area contributed by atoms with Crippen molar-refractivity contribution < 1.29 is 4.39 Å². The van der Waals surface area contributed by atoms with Crippen LogP contribution in [0.15, 0.2) is 23.6 Å². The Morgan fingerprint density at radius 2 is 2.26 bits per heavy atom. The number of aromatic nitrogens is 1. The van der Waals surface area contributed by atoms with E-state index in [0.29, 0.717) is 17.9 Å². The average Bonchev–Trinajstić information content (AvgIpc) is 2.77. The third-order valence-electron chi connectivity index (χ3n) is 2.84. The van der Waals surface area contributed by atoms with E-state index in [2.05, 4.69) is 10.4 Å². The molecule has 2 aromatic rings. The van der Waals surface area contributed by atoms with E-state index in [1.807, 2.05) is 12.3 Å². The van der Waals surface area contributed by atoms with Gasteiger partial charge >= 0.3 is 0 Å². The van der Waals surface area contributed by atoms with Crippen LogP contribution in [0.25, 0.3) is 0 Å². The molecular formula is C13H15ClFN3S. The van der Waals surface area contributed by atoms with Crippen LogP contribution in [-0.2, 0) is 12.8 Å². The Balaban J connectivity index is 2.06. The van der Waals surface area contributed by atoms with Crippen molar-refractivity contribution in [2.75, 3.05) is 0 Å². The van der Waals surface area contributed by atoms with Crippen molar-refractivity contribution in [1.82, 2.24) is 10.4 Å². The van der Waals surface area contributed by atoms with E-state index in [4.69, 9.17) is 17.4 Å². The van der Waals surface area contributed by atoms with Gasteiger partial charge in [-0.3, -0.25) is 11.3 Å². The van der Waals surface area contributed by atoms with Crippen LogP contribution in [0, 0.1) is 12.7 Å². The van der Waals surface area contributed by atoms with E-state index in [1.165, 1.54) is 12.1 Å². The Kier molecular flexibility index (Phi) is 4.87. The fourth-order valence-electron chi connectivity index (χ4n) is 1.90. The molecule has 19 heavy (non-hydrogen) atoms. The van der Waals surface area contributed by atoms with Crippen LogP contribution >= 0.6 is 22.9 Å². The van der Waals surface area contributed by atoms with Gasteiger partial charge in [0.2, 0.25) is 0 Å².